The van der Waals surface area contributed by atoms with E-state index in [2.05, 4.69) is 0 Å². The van der Waals surface area contributed by atoms with Crippen molar-refractivity contribution < 1.29 is 15.3 Å². The van der Waals surface area contributed by atoms with Gasteiger partial charge in [0.2, 0.25) is 0 Å². The third-order valence-corrected chi connectivity index (χ3v) is 1.70. The Morgan fingerprint density at radius 3 is 2.08 bits per heavy atom. The lowest BCUT2D eigenvalue weighted by Crippen LogP contribution is -1.94. The molecule has 0 radical (unpaired) electrons. The van der Waals surface area contributed by atoms with Gasteiger partial charge in [-0.1, -0.05) is 6.92 Å². The van der Waals surface area contributed by atoms with Crippen LogP contribution in [-0.4, -0.2) is 15.3 Å². The van der Waals surface area contributed by atoms with E-state index in [1.807, 2.05) is 6.92 Å². The SMILES string of the molecule is CCC(O)c1cc(O)cc(O)c1. The van der Waals surface area contributed by atoms with E-state index in [1.54, 1.807) is 0 Å². The first kappa shape index (κ1) is 8.87. The molecule has 1 aromatic rings. The summed E-state index contributed by atoms with van der Waals surface area (Å²) in [6.07, 6.45) is -0.0638. The monoisotopic (exact) mass is 168 g/mol. The van der Waals surface area contributed by atoms with Gasteiger partial charge in [-0.05, 0) is 24.1 Å². The van der Waals surface area contributed by atoms with E-state index in [0.717, 1.165) is 0 Å². The molecule has 3 N–H and O–H groups in total. The molecule has 12 heavy (non-hydrogen) atoms. The molecule has 1 atom stereocenters. The number of hydrogen-bond donors (Lipinski definition) is 3. The first-order valence-electron chi connectivity index (χ1n) is 3.84. The van der Waals surface area contributed by atoms with Crippen LogP contribution < -0.4 is 0 Å². The van der Waals surface area contributed by atoms with Crippen LogP contribution in [0.2, 0.25) is 0 Å². The summed E-state index contributed by atoms with van der Waals surface area (Å²) in [5.41, 5.74) is 0.537. The van der Waals surface area contributed by atoms with Gasteiger partial charge >= 0.3 is 0 Å². The van der Waals surface area contributed by atoms with E-state index < -0.39 is 6.10 Å². The van der Waals surface area contributed by atoms with Gasteiger partial charge in [-0.3, -0.25) is 0 Å². The van der Waals surface area contributed by atoms with Crippen LogP contribution in [0.5, 0.6) is 11.5 Å². The molecule has 0 aliphatic rings. The van der Waals surface area contributed by atoms with Gasteiger partial charge in [-0.25, -0.2) is 0 Å². The summed E-state index contributed by atoms with van der Waals surface area (Å²) in [5, 5.41) is 27.5. The van der Waals surface area contributed by atoms with Crippen LogP contribution in [0.3, 0.4) is 0 Å². The number of benzene rings is 1. The van der Waals surface area contributed by atoms with Gasteiger partial charge in [-0.2, -0.15) is 0 Å². The fourth-order valence-electron chi connectivity index (χ4n) is 1.05. The average Bonchev–Trinajstić information content (AvgIpc) is 2.01. The van der Waals surface area contributed by atoms with Gasteiger partial charge in [0.25, 0.3) is 0 Å². The Balaban J connectivity index is 3.00. The van der Waals surface area contributed by atoms with Crippen molar-refractivity contribution in [2.75, 3.05) is 0 Å². The summed E-state index contributed by atoms with van der Waals surface area (Å²) >= 11 is 0. The molecule has 0 aliphatic heterocycles. The van der Waals surface area contributed by atoms with E-state index in [0.29, 0.717) is 12.0 Å². The second-order valence-electron chi connectivity index (χ2n) is 2.71. The summed E-state index contributed by atoms with van der Waals surface area (Å²) in [4.78, 5) is 0. The van der Waals surface area contributed by atoms with Crippen LogP contribution in [0.1, 0.15) is 25.0 Å². The highest BCUT2D eigenvalue weighted by atomic mass is 16.3. The van der Waals surface area contributed by atoms with E-state index in [4.69, 9.17) is 10.2 Å². The summed E-state index contributed by atoms with van der Waals surface area (Å²) in [6.45, 7) is 1.83. The summed E-state index contributed by atoms with van der Waals surface area (Å²) in [6, 6.07) is 4.10. The zero-order chi connectivity index (χ0) is 9.14. The topological polar surface area (TPSA) is 60.7 Å². The van der Waals surface area contributed by atoms with Crippen molar-refractivity contribution in [1.29, 1.82) is 0 Å². The zero-order valence-corrected chi connectivity index (χ0v) is 6.86. The Hall–Kier alpha value is -1.22. The van der Waals surface area contributed by atoms with Crippen molar-refractivity contribution in [2.24, 2.45) is 0 Å². The van der Waals surface area contributed by atoms with E-state index in [-0.39, 0.29) is 11.5 Å². The van der Waals surface area contributed by atoms with Gasteiger partial charge in [0.05, 0.1) is 6.10 Å². The Bertz CT molecular complexity index is 250. The van der Waals surface area contributed by atoms with E-state index in [1.165, 1.54) is 18.2 Å². The zero-order valence-electron chi connectivity index (χ0n) is 6.86. The van der Waals surface area contributed by atoms with Gasteiger partial charge < -0.3 is 15.3 Å². The average molecular weight is 168 g/mol. The predicted octanol–water partition coefficient (Wildman–Crippen LogP) is 1.54. The lowest BCUT2D eigenvalue weighted by molar-refractivity contribution is 0.173. The molecule has 1 unspecified atom stereocenters. The number of aromatic hydroxyl groups is 2. The molecule has 0 aromatic heterocycles. The predicted molar refractivity (Wildman–Crippen MR) is 45.0 cm³/mol. The molecule has 0 spiro atoms. The molecular formula is C9H12O3. The van der Waals surface area contributed by atoms with Crippen molar-refractivity contribution in [1.82, 2.24) is 0 Å². The van der Waals surface area contributed by atoms with Gasteiger partial charge in [0.15, 0.2) is 0 Å². The summed E-state index contributed by atoms with van der Waals surface area (Å²) in [7, 11) is 0. The van der Waals surface area contributed by atoms with Gasteiger partial charge in [0, 0.05) is 6.07 Å². The number of aliphatic hydroxyl groups is 1. The Labute approximate surface area is 70.9 Å². The molecule has 1 rings (SSSR count). The fraction of sp³-hybridized carbons (Fsp3) is 0.333. The first-order valence-corrected chi connectivity index (χ1v) is 3.84. The van der Waals surface area contributed by atoms with Crippen molar-refractivity contribution in [3.05, 3.63) is 23.8 Å². The minimum absolute atomic E-state index is 0.0301. The number of rotatable bonds is 2. The maximum atomic E-state index is 9.36. The Morgan fingerprint density at radius 1 is 1.17 bits per heavy atom. The minimum Gasteiger partial charge on any atom is -0.508 e. The molecule has 0 amide bonds. The molecule has 0 saturated heterocycles. The van der Waals surface area contributed by atoms with Crippen molar-refractivity contribution in [3.8, 4) is 11.5 Å². The van der Waals surface area contributed by atoms with Crippen LogP contribution in [0.25, 0.3) is 0 Å². The maximum Gasteiger partial charge on any atom is 0.119 e. The molecule has 0 saturated carbocycles. The second-order valence-corrected chi connectivity index (χ2v) is 2.71. The quantitative estimate of drug-likeness (QED) is 0.627. The van der Waals surface area contributed by atoms with Crippen molar-refractivity contribution >= 4 is 0 Å². The van der Waals surface area contributed by atoms with Crippen LogP contribution in [-0.2, 0) is 0 Å². The molecule has 1 aromatic carbocycles. The standard InChI is InChI=1S/C9H12O3/c1-2-9(12)6-3-7(10)5-8(11)4-6/h3-5,9-12H,2H2,1H3. The second kappa shape index (κ2) is 3.45. The van der Waals surface area contributed by atoms with Gasteiger partial charge in [0.1, 0.15) is 11.5 Å². The van der Waals surface area contributed by atoms with Crippen molar-refractivity contribution in [2.45, 2.75) is 19.4 Å². The highest BCUT2D eigenvalue weighted by molar-refractivity contribution is 5.37. The lowest BCUT2D eigenvalue weighted by atomic mass is 10.1. The van der Waals surface area contributed by atoms with E-state index in [9.17, 15) is 5.11 Å². The Kier molecular flexibility index (Phi) is 2.55. The molecule has 0 heterocycles. The molecule has 66 valence electrons. The van der Waals surface area contributed by atoms with E-state index >= 15 is 0 Å². The number of aliphatic hydroxyl groups excluding tert-OH is 1. The van der Waals surface area contributed by atoms with Crippen LogP contribution in [0, 0.1) is 0 Å². The van der Waals surface area contributed by atoms with Crippen LogP contribution in [0.15, 0.2) is 18.2 Å². The number of phenols is 2. The number of hydrogen-bond acceptors (Lipinski definition) is 3. The molecule has 3 heteroatoms. The van der Waals surface area contributed by atoms with Crippen molar-refractivity contribution in [3.63, 3.8) is 0 Å². The smallest absolute Gasteiger partial charge is 0.119 e. The third-order valence-electron chi connectivity index (χ3n) is 1.70. The first-order chi connectivity index (χ1) is 5.63. The fourth-order valence-corrected chi connectivity index (χ4v) is 1.05. The molecule has 3 nitrogen and oxygen atoms in total. The lowest BCUT2D eigenvalue weighted by Gasteiger charge is -2.08. The molecule has 0 aliphatic carbocycles. The normalized spacial score (nSPS) is 12.8. The number of phenolic OH excluding ortho intramolecular Hbond substituents is 2. The van der Waals surface area contributed by atoms with Crippen LogP contribution >= 0.6 is 0 Å². The molecule has 0 fully saturated rings. The highest BCUT2D eigenvalue weighted by Crippen LogP contribution is 2.25. The maximum absolute atomic E-state index is 9.36. The largest absolute Gasteiger partial charge is 0.508 e. The van der Waals surface area contributed by atoms with Gasteiger partial charge in [-0.15, -0.1) is 0 Å². The Morgan fingerprint density at radius 2 is 1.67 bits per heavy atom. The van der Waals surface area contributed by atoms with Crippen LogP contribution in [0.4, 0.5) is 0 Å². The minimum atomic E-state index is -0.622. The molecular weight excluding hydrogens is 156 g/mol. The summed E-state index contributed by atoms with van der Waals surface area (Å²) < 4.78 is 0. The summed E-state index contributed by atoms with van der Waals surface area (Å²) in [5.74, 6) is -0.0602. The third kappa shape index (κ3) is 1.89. The highest BCUT2D eigenvalue weighted by Gasteiger charge is 2.06. The molecule has 0 bridgehead atoms.